The van der Waals surface area contributed by atoms with Crippen molar-refractivity contribution in [2.45, 2.75) is 6.61 Å². The van der Waals surface area contributed by atoms with E-state index in [4.69, 9.17) is 14.4 Å². The first kappa shape index (κ1) is 15.9. The van der Waals surface area contributed by atoms with E-state index < -0.39 is 5.97 Å². The van der Waals surface area contributed by atoms with Crippen molar-refractivity contribution in [3.8, 4) is 17.5 Å². The Morgan fingerprint density at radius 2 is 2.04 bits per heavy atom. The van der Waals surface area contributed by atoms with Gasteiger partial charge in [0.25, 0.3) is 5.89 Å². The van der Waals surface area contributed by atoms with Gasteiger partial charge in [-0.3, -0.25) is 0 Å². The van der Waals surface area contributed by atoms with Crippen LogP contribution >= 0.6 is 15.9 Å². The van der Waals surface area contributed by atoms with Crippen LogP contribution in [0.5, 0.6) is 0 Å². The Labute approximate surface area is 145 Å². The molecule has 0 N–H and O–H groups in total. The normalized spacial score (nSPS) is 10.2. The van der Waals surface area contributed by atoms with Crippen molar-refractivity contribution >= 4 is 21.9 Å². The SMILES string of the molecule is N#Cc1cccc(C(=O)OCc2nnc(-c3ccccc3Br)o2)c1. The summed E-state index contributed by atoms with van der Waals surface area (Å²) < 4.78 is 11.5. The van der Waals surface area contributed by atoms with E-state index in [9.17, 15) is 4.79 Å². The van der Waals surface area contributed by atoms with Gasteiger partial charge in [0, 0.05) is 4.47 Å². The van der Waals surface area contributed by atoms with E-state index in [-0.39, 0.29) is 12.5 Å². The second-order valence-electron chi connectivity index (χ2n) is 4.75. The summed E-state index contributed by atoms with van der Waals surface area (Å²) in [7, 11) is 0. The predicted octanol–water partition coefficient (Wildman–Crippen LogP) is 3.73. The topological polar surface area (TPSA) is 89.0 Å². The van der Waals surface area contributed by atoms with Crippen LogP contribution in [0.3, 0.4) is 0 Å². The molecule has 0 amide bonds. The van der Waals surface area contributed by atoms with Crippen LogP contribution in [0.2, 0.25) is 0 Å². The van der Waals surface area contributed by atoms with Crippen LogP contribution < -0.4 is 0 Å². The zero-order chi connectivity index (χ0) is 16.9. The van der Waals surface area contributed by atoms with Gasteiger partial charge in [-0.2, -0.15) is 5.26 Å². The Morgan fingerprint density at radius 1 is 1.21 bits per heavy atom. The van der Waals surface area contributed by atoms with Crippen molar-refractivity contribution < 1.29 is 13.9 Å². The van der Waals surface area contributed by atoms with Crippen molar-refractivity contribution in [1.29, 1.82) is 5.26 Å². The fourth-order valence-electron chi connectivity index (χ4n) is 1.98. The highest BCUT2D eigenvalue weighted by atomic mass is 79.9. The molecular formula is C17H10BrN3O3. The molecule has 0 saturated carbocycles. The molecule has 0 spiro atoms. The fraction of sp³-hybridized carbons (Fsp3) is 0.0588. The molecule has 3 rings (SSSR count). The summed E-state index contributed by atoms with van der Waals surface area (Å²) in [5.41, 5.74) is 1.43. The van der Waals surface area contributed by atoms with Crippen molar-refractivity contribution in [3.63, 3.8) is 0 Å². The van der Waals surface area contributed by atoms with Crippen molar-refractivity contribution in [2.75, 3.05) is 0 Å². The molecule has 0 aliphatic carbocycles. The summed E-state index contributed by atoms with van der Waals surface area (Å²) in [4.78, 5) is 12.0. The van der Waals surface area contributed by atoms with E-state index in [0.717, 1.165) is 10.0 Å². The summed E-state index contributed by atoms with van der Waals surface area (Å²) in [6, 6.07) is 15.7. The number of benzene rings is 2. The standard InChI is InChI=1S/C17H10BrN3O3/c18-14-7-2-1-6-13(14)16-21-20-15(24-16)10-23-17(22)12-5-3-4-11(8-12)9-19/h1-8H,10H2. The van der Waals surface area contributed by atoms with Crippen molar-refractivity contribution in [2.24, 2.45) is 0 Å². The fourth-order valence-corrected chi connectivity index (χ4v) is 2.44. The van der Waals surface area contributed by atoms with Gasteiger partial charge in [-0.1, -0.05) is 18.2 Å². The molecule has 0 bridgehead atoms. The van der Waals surface area contributed by atoms with Crippen molar-refractivity contribution in [1.82, 2.24) is 10.2 Å². The molecule has 0 saturated heterocycles. The molecule has 2 aromatic carbocycles. The molecule has 0 unspecified atom stereocenters. The smallest absolute Gasteiger partial charge is 0.338 e. The van der Waals surface area contributed by atoms with Crippen LogP contribution in [-0.2, 0) is 11.3 Å². The molecule has 0 aliphatic heterocycles. The summed E-state index contributed by atoms with van der Waals surface area (Å²) in [6.45, 7) is -0.146. The molecule has 0 radical (unpaired) electrons. The molecule has 3 aromatic rings. The predicted molar refractivity (Wildman–Crippen MR) is 87.7 cm³/mol. The number of esters is 1. The Kier molecular flexibility index (Phi) is 4.68. The molecule has 1 heterocycles. The monoisotopic (exact) mass is 383 g/mol. The maximum Gasteiger partial charge on any atom is 0.338 e. The highest BCUT2D eigenvalue weighted by Crippen LogP contribution is 2.26. The molecule has 118 valence electrons. The van der Waals surface area contributed by atoms with Gasteiger partial charge in [-0.25, -0.2) is 4.79 Å². The highest BCUT2D eigenvalue weighted by molar-refractivity contribution is 9.10. The number of hydrogen-bond acceptors (Lipinski definition) is 6. The van der Waals surface area contributed by atoms with Gasteiger partial charge in [-0.05, 0) is 46.3 Å². The summed E-state index contributed by atoms with van der Waals surface area (Å²) in [5, 5.41) is 16.7. The van der Waals surface area contributed by atoms with Gasteiger partial charge in [0.05, 0.1) is 22.8 Å². The van der Waals surface area contributed by atoms with E-state index >= 15 is 0 Å². The molecule has 0 atom stereocenters. The maximum absolute atomic E-state index is 12.0. The van der Waals surface area contributed by atoms with E-state index in [1.165, 1.54) is 6.07 Å². The number of nitriles is 1. The molecule has 0 aliphatic rings. The number of nitrogens with zero attached hydrogens (tertiary/aromatic N) is 3. The van der Waals surface area contributed by atoms with Gasteiger partial charge >= 0.3 is 5.97 Å². The maximum atomic E-state index is 12.0. The first-order valence-corrected chi connectivity index (χ1v) is 7.71. The molecule has 6 nitrogen and oxygen atoms in total. The molecule has 0 fully saturated rings. The Morgan fingerprint density at radius 3 is 2.83 bits per heavy atom. The largest absolute Gasteiger partial charge is 0.452 e. The number of aromatic nitrogens is 2. The van der Waals surface area contributed by atoms with Crippen molar-refractivity contribution in [3.05, 3.63) is 70.0 Å². The number of hydrogen-bond donors (Lipinski definition) is 0. The second kappa shape index (κ2) is 7.06. The lowest BCUT2D eigenvalue weighted by molar-refractivity contribution is 0.0438. The van der Waals surface area contributed by atoms with E-state index in [2.05, 4.69) is 26.1 Å². The third-order valence-corrected chi connectivity index (χ3v) is 3.82. The average molecular weight is 384 g/mol. The minimum absolute atomic E-state index is 0.146. The minimum Gasteiger partial charge on any atom is -0.452 e. The average Bonchev–Trinajstić information content (AvgIpc) is 3.09. The van der Waals surface area contributed by atoms with Crippen LogP contribution in [0.1, 0.15) is 21.8 Å². The summed E-state index contributed by atoms with van der Waals surface area (Å²) in [6.07, 6.45) is 0. The number of ether oxygens (including phenoxy) is 1. The van der Waals surface area contributed by atoms with Gasteiger partial charge in [0.15, 0.2) is 6.61 Å². The van der Waals surface area contributed by atoms with Gasteiger partial charge in [0.1, 0.15) is 0 Å². The number of halogens is 1. The van der Waals surface area contributed by atoms with Crippen LogP contribution in [0, 0.1) is 11.3 Å². The Hall–Kier alpha value is -2.98. The molecular weight excluding hydrogens is 374 g/mol. The summed E-state index contributed by atoms with van der Waals surface area (Å²) >= 11 is 3.41. The number of carbonyl (C=O) groups excluding carboxylic acids is 1. The highest BCUT2D eigenvalue weighted by Gasteiger charge is 2.14. The van der Waals surface area contributed by atoms with E-state index in [0.29, 0.717) is 17.0 Å². The Bertz CT molecular complexity index is 931. The first-order valence-electron chi connectivity index (χ1n) is 6.92. The lowest BCUT2D eigenvalue weighted by atomic mass is 10.1. The number of carbonyl (C=O) groups is 1. The van der Waals surface area contributed by atoms with Crippen LogP contribution in [0.25, 0.3) is 11.5 Å². The number of rotatable bonds is 4. The molecule has 7 heteroatoms. The molecule has 1 aromatic heterocycles. The van der Waals surface area contributed by atoms with Crippen LogP contribution in [0.15, 0.2) is 57.4 Å². The van der Waals surface area contributed by atoms with Gasteiger partial charge in [-0.15, -0.1) is 10.2 Å². The lowest BCUT2D eigenvalue weighted by Gasteiger charge is -2.02. The van der Waals surface area contributed by atoms with E-state index in [1.807, 2.05) is 30.3 Å². The van der Waals surface area contributed by atoms with Gasteiger partial charge in [0.2, 0.25) is 5.89 Å². The Balaban J connectivity index is 1.68. The zero-order valence-corrected chi connectivity index (χ0v) is 13.9. The quantitative estimate of drug-likeness (QED) is 0.637. The third-order valence-electron chi connectivity index (χ3n) is 3.13. The van der Waals surface area contributed by atoms with Crippen LogP contribution in [-0.4, -0.2) is 16.2 Å². The third kappa shape index (κ3) is 3.50. The zero-order valence-electron chi connectivity index (χ0n) is 12.3. The van der Waals surface area contributed by atoms with Crippen LogP contribution in [0.4, 0.5) is 0 Å². The molecule has 24 heavy (non-hydrogen) atoms. The summed E-state index contributed by atoms with van der Waals surface area (Å²) in [5.74, 6) is -0.0433. The van der Waals surface area contributed by atoms with Gasteiger partial charge < -0.3 is 9.15 Å². The first-order chi connectivity index (χ1) is 11.7. The lowest BCUT2D eigenvalue weighted by Crippen LogP contribution is -2.05. The second-order valence-corrected chi connectivity index (χ2v) is 5.60. The minimum atomic E-state index is -0.562. The van der Waals surface area contributed by atoms with E-state index in [1.54, 1.807) is 18.2 Å².